The fourth-order valence-corrected chi connectivity index (χ4v) is 3.36. The normalized spacial score (nSPS) is 16.3. The van der Waals surface area contributed by atoms with Gasteiger partial charge in [0.25, 0.3) is 0 Å². The largest absolute Gasteiger partial charge is 0.493 e. The summed E-state index contributed by atoms with van der Waals surface area (Å²) in [5.41, 5.74) is 7.85. The highest BCUT2D eigenvalue weighted by atomic mass is 16.5. The number of rotatable bonds is 5. The van der Waals surface area contributed by atoms with E-state index in [2.05, 4.69) is 26.1 Å². The Bertz CT molecular complexity index is 824. The number of nitrogens with one attached hydrogen (secondary N) is 1. The van der Waals surface area contributed by atoms with Gasteiger partial charge in [-0.2, -0.15) is 5.10 Å². The molecule has 1 aromatic carbocycles. The molecule has 6 nitrogen and oxygen atoms in total. The van der Waals surface area contributed by atoms with Crippen molar-refractivity contribution in [1.82, 2.24) is 20.1 Å². The van der Waals surface area contributed by atoms with E-state index < -0.39 is 0 Å². The average Bonchev–Trinajstić information content (AvgIpc) is 3.02. The maximum absolute atomic E-state index is 6.00. The Labute approximate surface area is 147 Å². The van der Waals surface area contributed by atoms with Crippen molar-refractivity contribution in [2.24, 2.45) is 5.92 Å². The molecule has 1 saturated heterocycles. The quantitative estimate of drug-likeness (QED) is 0.748. The molecular weight excluding hydrogens is 314 g/mol. The number of likely N-dealkylation sites (tertiary alicyclic amines) is 1. The molecule has 0 atom stereocenters. The van der Waals surface area contributed by atoms with Crippen molar-refractivity contribution in [1.29, 1.82) is 0 Å². The SMILES string of the molecule is Nc1n[nH]c2cc(OCC3CCN(Cc4ccccn4)CC3)ccc12. The summed E-state index contributed by atoms with van der Waals surface area (Å²) in [6.07, 6.45) is 4.18. The van der Waals surface area contributed by atoms with Gasteiger partial charge in [-0.25, -0.2) is 0 Å². The van der Waals surface area contributed by atoms with Crippen LogP contribution >= 0.6 is 0 Å². The molecule has 3 heterocycles. The first-order valence-corrected chi connectivity index (χ1v) is 8.76. The number of fused-ring (bicyclic) bond motifs is 1. The van der Waals surface area contributed by atoms with Gasteiger partial charge in [0.05, 0.1) is 17.8 Å². The molecule has 3 aromatic rings. The number of nitrogen functional groups attached to an aromatic ring is 1. The monoisotopic (exact) mass is 337 g/mol. The fraction of sp³-hybridized carbons (Fsp3) is 0.368. The molecule has 0 bridgehead atoms. The van der Waals surface area contributed by atoms with Crippen molar-refractivity contribution in [3.63, 3.8) is 0 Å². The minimum atomic E-state index is 0.529. The average molecular weight is 337 g/mol. The summed E-state index contributed by atoms with van der Waals surface area (Å²) in [6.45, 7) is 3.89. The lowest BCUT2D eigenvalue weighted by Crippen LogP contribution is -2.35. The van der Waals surface area contributed by atoms with E-state index in [1.165, 1.54) is 0 Å². The molecule has 130 valence electrons. The number of nitrogens with two attached hydrogens (primary N) is 1. The zero-order chi connectivity index (χ0) is 17.1. The maximum atomic E-state index is 6.00. The van der Waals surface area contributed by atoms with Gasteiger partial charge in [-0.3, -0.25) is 15.0 Å². The number of hydrogen-bond donors (Lipinski definition) is 2. The van der Waals surface area contributed by atoms with Crippen molar-refractivity contribution < 1.29 is 4.74 Å². The minimum absolute atomic E-state index is 0.529. The van der Waals surface area contributed by atoms with Crippen molar-refractivity contribution in [3.8, 4) is 5.75 Å². The Kier molecular flexibility index (Phi) is 4.52. The second-order valence-corrected chi connectivity index (χ2v) is 6.67. The lowest BCUT2D eigenvalue weighted by atomic mass is 9.97. The number of H-pyrrole nitrogens is 1. The molecule has 1 fully saturated rings. The third-order valence-electron chi connectivity index (χ3n) is 4.87. The van der Waals surface area contributed by atoms with Crippen LogP contribution in [0.4, 0.5) is 5.82 Å². The maximum Gasteiger partial charge on any atom is 0.153 e. The first kappa shape index (κ1) is 15.9. The molecule has 4 rings (SSSR count). The molecule has 0 radical (unpaired) electrons. The van der Waals surface area contributed by atoms with Gasteiger partial charge in [0.2, 0.25) is 0 Å². The van der Waals surface area contributed by atoms with Gasteiger partial charge >= 0.3 is 0 Å². The number of pyridine rings is 1. The third kappa shape index (κ3) is 3.74. The molecule has 3 N–H and O–H groups in total. The van der Waals surface area contributed by atoms with Gasteiger partial charge in [-0.15, -0.1) is 0 Å². The van der Waals surface area contributed by atoms with E-state index in [0.717, 1.165) is 61.4 Å². The first-order valence-electron chi connectivity index (χ1n) is 8.76. The highest BCUT2D eigenvalue weighted by Crippen LogP contribution is 2.25. The van der Waals surface area contributed by atoms with Gasteiger partial charge in [0, 0.05) is 24.2 Å². The molecule has 2 aromatic heterocycles. The molecule has 0 aliphatic carbocycles. The highest BCUT2D eigenvalue weighted by molar-refractivity contribution is 5.89. The Balaban J connectivity index is 1.26. The highest BCUT2D eigenvalue weighted by Gasteiger charge is 2.20. The van der Waals surface area contributed by atoms with E-state index in [1.807, 2.05) is 36.5 Å². The molecule has 25 heavy (non-hydrogen) atoms. The smallest absolute Gasteiger partial charge is 0.153 e. The van der Waals surface area contributed by atoms with E-state index in [-0.39, 0.29) is 0 Å². The number of piperidine rings is 1. The standard InChI is InChI=1S/C19H23N5O/c20-19-17-5-4-16(11-18(17)22-23-19)25-13-14-6-9-24(10-7-14)12-15-3-1-2-8-21-15/h1-5,8,11,14H,6-7,9-10,12-13H2,(H3,20,22,23). The number of benzene rings is 1. The van der Waals surface area contributed by atoms with Crippen LogP contribution in [-0.2, 0) is 6.54 Å². The predicted molar refractivity (Wildman–Crippen MR) is 98.2 cm³/mol. The number of aromatic nitrogens is 3. The second-order valence-electron chi connectivity index (χ2n) is 6.67. The number of ether oxygens (including phenoxy) is 1. The van der Waals surface area contributed by atoms with Crippen LogP contribution in [0.1, 0.15) is 18.5 Å². The molecule has 0 spiro atoms. The number of aromatic amines is 1. The van der Waals surface area contributed by atoms with Crippen LogP contribution in [0.2, 0.25) is 0 Å². The summed E-state index contributed by atoms with van der Waals surface area (Å²) in [4.78, 5) is 6.88. The van der Waals surface area contributed by atoms with E-state index in [4.69, 9.17) is 10.5 Å². The van der Waals surface area contributed by atoms with Gasteiger partial charge in [0.15, 0.2) is 5.82 Å². The van der Waals surface area contributed by atoms with Crippen molar-refractivity contribution in [2.45, 2.75) is 19.4 Å². The topological polar surface area (TPSA) is 80.1 Å². The van der Waals surface area contributed by atoms with E-state index in [1.54, 1.807) is 0 Å². The fourth-order valence-electron chi connectivity index (χ4n) is 3.36. The summed E-state index contributed by atoms with van der Waals surface area (Å²) < 4.78 is 6.00. The van der Waals surface area contributed by atoms with Gasteiger partial charge < -0.3 is 10.5 Å². The van der Waals surface area contributed by atoms with E-state index >= 15 is 0 Å². The van der Waals surface area contributed by atoms with Crippen molar-refractivity contribution >= 4 is 16.7 Å². The molecule has 6 heteroatoms. The van der Waals surface area contributed by atoms with Crippen molar-refractivity contribution in [3.05, 3.63) is 48.3 Å². The number of hydrogen-bond acceptors (Lipinski definition) is 5. The third-order valence-corrected chi connectivity index (χ3v) is 4.87. The first-order chi connectivity index (χ1) is 12.3. The number of anilines is 1. The lowest BCUT2D eigenvalue weighted by Gasteiger charge is -2.31. The summed E-state index contributed by atoms with van der Waals surface area (Å²) in [7, 11) is 0. The van der Waals surface area contributed by atoms with Crippen LogP contribution in [-0.4, -0.2) is 39.8 Å². The summed E-state index contributed by atoms with van der Waals surface area (Å²) in [5, 5.41) is 7.88. The Morgan fingerprint density at radius 2 is 2.08 bits per heavy atom. The molecule has 0 amide bonds. The Morgan fingerprint density at radius 3 is 2.88 bits per heavy atom. The van der Waals surface area contributed by atoms with Crippen molar-refractivity contribution in [2.75, 3.05) is 25.4 Å². The van der Waals surface area contributed by atoms with E-state index in [0.29, 0.717) is 11.7 Å². The number of nitrogens with zero attached hydrogens (tertiary/aromatic N) is 3. The lowest BCUT2D eigenvalue weighted by molar-refractivity contribution is 0.136. The van der Waals surface area contributed by atoms with Crippen LogP contribution in [0.15, 0.2) is 42.6 Å². The molecule has 0 saturated carbocycles. The van der Waals surface area contributed by atoms with E-state index in [9.17, 15) is 0 Å². The summed E-state index contributed by atoms with van der Waals surface area (Å²) >= 11 is 0. The van der Waals surface area contributed by atoms with Crippen LogP contribution in [0.25, 0.3) is 10.9 Å². The molecular formula is C19H23N5O. The summed E-state index contributed by atoms with van der Waals surface area (Å²) in [5.74, 6) is 2.00. The Morgan fingerprint density at radius 1 is 1.20 bits per heavy atom. The van der Waals surface area contributed by atoms with Gasteiger partial charge in [-0.05, 0) is 56.1 Å². The molecule has 0 unspecified atom stereocenters. The predicted octanol–water partition coefficient (Wildman–Crippen LogP) is 2.83. The van der Waals surface area contributed by atoms with Crippen LogP contribution in [0, 0.1) is 5.92 Å². The van der Waals surface area contributed by atoms with Crippen LogP contribution < -0.4 is 10.5 Å². The van der Waals surface area contributed by atoms with Crippen LogP contribution in [0.5, 0.6) is 5.75 Å². The van der Waals surface area contributed by atoms with Gasteiger partial charge in [-0.1, -0.05) is 6.07 Å². The Hall–Kier alpha value is -2.60. The minimum Gasteiger partial charge on any atom is -0.493 e. The summed E-state index contributed by atoms with van der Waals surface area (Å²) in [6, 6.07) is 12.0. The van der Waals surface area contributed by atoms with Crippen LogP contribution in [0.3, 0.4) is 0 Å². The van der Waals surface area contributed by atoms with Gasteiger partial charge in [0.1, 0.15) is 5.75 Å². The zero-order valence-electron chi connectivity index (χ0n) is 14.2. The molecule has 1 aliphatic heterocycles. The second kappa shape index (κ2) is 7.11. The molecule has 1 aliphatic rings. The zero-order valence-corrected chi connectivity index (χ0v) is 14.2.